The quantitative estimate of drug-likeness (QED) is 0.641. The lowest BCUT2D eigenvalue weighted by Gasteiger charge is -1.97. The van der Waals surface area contributed by atoms with Crippen molar-refractivity contribution >= 4 is 44.6 Å². The fourth-order valence-electron chi connectivity index (χ4n) is 1.25. The topological polar surface area (TPSA) is 0 Å². The first kappa shape index (κ1) is 9.25. The van der Waals surface area contributed by atoms with Crippen LogP contribution in [0.5, 0.6) is 0 Å². The summed E-state index contributed by atoms with van der Waals surface area (Å²) in [7, 11) is 0. The first-order chi connectivity index (χ1) is 6.20. The molecule has 0 aliphatic carbocycles. The highest BCUT2D eigenvalue weighted by Crippen LogP contribution is 2.32. The molecule has 0 radical (unpaired) electrons. The van der Waals surface area contributed by atoms with Crippen LogP contribution < -0.4 is 0 Å². The number of hydrogen-bond donors (Lipinski definition) is 0. The Balaban J connectivity index is 2.80. The highest BCUT2D eigenvalue weighted by molar-refractivity contribution is 7.22. The van der Waals surface area contributed by atoms with Crippen molar-refractivity contribution in [3.05, 3.63) is 33.9 Å². The molecule has 0 spiro atoms. The number of thiophene rings is 1. The number of rotatable bonds is 1. The van der Waals surface area contributed by atoms with Gasteiger partial charge in [-0.2, -0.15) is 0 Å². The maximum atomic E-state index is 13.0. The molecule has 0 saturated carbocycles. The van der Waals surface area contributed by atoms with Gasteiger partial charge in [0.25, 0.3) is 0 Å². The van der Waals surface area contributed by atoms with E-state index in [9.17, 15) is 4.39 Å². The summed E-state index contributed by atoms with van der Waals surface area (Å²) >= 11 is 12.9. The maximum absolute atomic E-state index is 13.0. The zero-order chi connectivity index (χ0) is 9.42. The number of alkyl halides is 1. The summed E-state index contributed by atoms with van der Waals surface area (Å²) in [4.78, 5) is 0. The number of fused-ring (bicyclic) bond motifs is 1. The van der Waals surface area contributed by atoms with E-state index in [1.54, 1.807) is 0 Å². The molecule has 0 bridgehead atoms. The summed E-state index contributed by atoms with van der Waals surface area (Å²) in [5, 5.41) is 0.950. The van der Waals surface area contributed by atoms with Crippen molar-refractivity contribution in [1.29, 1.82) is 0 Å². The van der Waals surface area contributed by atoms with Crippen LogP contribution in [-0.4, -0.2) is 0 Å². The van der Waals surface area contributed by atoms with Crippen molar-refractivity contribution in [2.75, 3.05) is 0 Å². The lowest BCUT2D eigenvalue weighted by molar-refractivity contribution is 0.629. The Hall–Kier alpha value is -0.310. The third kappa shape index (κ3) is 1.66. The molecule has 2 rings (SSSR count). The third-order valence-corrected chi connectivity index (χ3v) is 3.30. The Labute approximate surface area is 88.9 Å². The van der Waals surface area contributed by atoms with Crippen LogP contribution in [-0.2, 0) is 5.88 Å². The molecule has 0 N–H and O–H groups in total. The van der Waals surface area contributed by atoms with Crippen molar-refractivity contribution < 1.29 is 4.39 Å². The number of halogens is 3. The maximum Gasteiger partial charge on any atom is 0.124 e. The first-order valence-electron chi connectivity index (χ1n) is 3.64. The molecular formula is C9H5Cl2FS. The molecule has 4 heteroatoms. The van der Waals surface area contributed by atoms with Gasteiger partial charge >= 0.3 is 0 Å². The molecule has 1 aromatic heterocycles. The molecule has 0 saturated heterocycles. The van der Waals surface area contributed by atoms with E-state index in [0.717, 1.165) is 15.6 Å². The summed E-state index contributed by atoms with van der Waals surface area (Å²) in [5.41, 5.74) is 0.791. The van der Waals surface area contributed by atoms with Gasteiger partial charge in [-0.1, -0.05) is 11.6 Å². The molecule has 1 aromatic carbocycles. The van der Waals surface area contributed by atoms with Crippen molar-refractivity contribution in [2.45, 2.75) is 5.88 Å². The second kappa shape index (κ2) is 3.45. The van der Waals surface area contributed by atoms with Gasteiger partial charge in [-0.05, 0) is 29.1 Å². The third-order valence-electron chi connectivity index (χ3n) is 1.80. The summed E-state index contributed by atoms with van der Waals surface area (Å²) < 4.78 is 14.5. The van der Waals surface area contributed by atoms with Crippen LogP contribution in [0.3, 0.4) is 0 Å². The van der Waals surface area contributed by atoms with Gasteiger partial charge in [-0.15, -0.1) is 22.9 Å². The fourth-order valence-corrected chi connectivity index (χ4v) is 2.69. The lowest BCUT2D eigenvalue weighted by Crippen LogP contribution is -1.81. The fraction of sp³-hybridized carbons (Fsp3) is 0.111. The Kier molecular flexibility index (Phi) is 2.45. The van der Waals surface area contributed by atoms with Crippen molar-refractivity contribution in [2.24, 2.45) is 0 Å². The Morgan fingerprint density at radius 1 is 1.31 bits per heavy atom. The predicted octanol–water partition coefficient (Wildman–Crippen LogP) is 4.43. The molecule has 0 aliphatic heterocycles. The van der Waals surface area contributed by atoms with Crippen LogP contribution >= 0.6 is 34.5 Å². The molecule has 0 fully saturated rings. The van der Waals surface area contributed by atoms with Crippen molar-refractivity contribution in [3.63, 3.8) is 0 Å². The molecule has 0 atom stereocenters. The monoisotopic (exact) mass is 234 g/mol. The van der Waals surface area contributed by atoms with E-state index in [1.807, 2.05) is 6.07 Å². The molecular weight excluding hydrogens is 230 g/mol. The molecule has 0 unspecified atom stereocenters. The highest BCUT2D eigenvalue weighted by atomic mass is 35.5. The van der Waals surface area contributed by atoms with E-state index in [4.69, 9.17) is 23.2 Å². The minimum atomic E-state index is -0.262. The van der Waals surface area contributed by atoms with E-state index < -0.39 is 0 Å². The van der Waals surface area contributed by atoms with E-state index in [1.165, 1.54) is 23.5 Å². The van der Waals surface area contributed by atoms with E-state index in [2.05, 4.69) is 0 Å². The average molecular weight is 235 g/mol. The van der Waals surface area contributed by atoms with Gasteiger partial charge in [0.15, 0.2) is 0 Å². The zero-order valence-corrected chi connectivity index (χ0v) is 8.81. The number of hydrogen-bond acceptors (Lipinski definition) is 1. The lowest BCUT2D eigenvalue weighted by atomic mass is 10.1. The van der Waals surface area contributed by atoms with E-state index in [0.29, 0.717) is 10.2 Å². The van der Waals surface area contributed by atoms with Gasteiger partial charge in [0.2, 0.25) is 0 Å². The second-order valence-electron chi connectivity index (χ2n) is 2.66. The Morgan fingerprint density at radius 3 is 2.77 bits per heavy atom. The molecule has 0 aliphatic rings. The minimum absolute atomic E-state index is 0.262. The average Bonchev–Trinajstić information content (AvgIpc) is 2.43. The summed E-state index contributed by atoms with van der Waals surface area (Å²) in [6.45, 7) is 0. The van der Waals surface area contributed by atoms with Gasteiger partial charge < -0.3 is 0 Å². The van der Waals surface area contributed by atoms with Crippen LogP contribution in [0.1, 0.15) is 5.56 Å². The Bertz CT molecular complexity index is 450. The van der Waals surface area contributed by atoms with Crippen LogP contribution in [0, 0.1) is 5.82 Å². The normalized spacial score (nSPS) is 11.0. The summed E-state index contributed by atoms with van der Waals surface area (Å²) in [5.74, 6) is 0.0445. The standard InChI is InChI=1S/C9H5Cl2FS/c10-4-5-1-6(12)2-8-7(5)3-9(11)13-8/h1-3H,4H2. The molecule has 0 nitrogen and oxygen atoms in total. The minimum Gasteiger partial charge on any atom is -0.207 e. The second-order valence-corrected chi connectivity index (χ2v) is 4.64. The van der Waals surface area contributed by atoms with Gasteiger partial charge in [0.05, 0.1) is 4.34 Å². The molecule has 68 valence electrons. The van der Waals surface area contributed by atoms with Gasteiger partial charge in [-0.25, -0.2) is 4.39 Å². The number of benzene rings is 1. The van der Waals surface area contributed by atoms with E-state index in [-0.39, 0.29) is 5.82 Å². The summed E-state index contributed by atoms with van der Waals surface area (Å²) in [6.07, 6.45) is 0. The van der Waals surface area contributed by atoms with Crippen LogP contribution in [0.2, 0.25) is 4.34 Å². The van der Waals surface area contributed by atoms with Crippen molar-refractivity contribution in [3.8, 4) is 0 Å². The van der Waals surface area contributed by atoms with Crippen molar-refractivity contribution in [1.82, 2.24) is 0 Å². The summed E-state index contributed by atoms with van der Waals surface area (Å²) in [6, 6.07) is 4.74. The molecule has 0 amide bonds. The SMILES string of the molecule is Fc1cc(CCl)c2cc(Cl)sc2c1. The van der Waals surface area contributed by atoms with Gasteiger partial charge in [0.1, 0.15) is 5.82 Å². The van der Waals surface area contributed by atoms with Crippen LogP contribution in [0.25, 0.3) is 10.1 Å². The van der Waals surface area contributed by atoms with Gasteiger partial charge in [-0.3, -0.25) is 0 Å². The Morgan fingerprint density at radius 2 is 2.08 bits per heavy atom. The smallest absolute Gasteiger partial charge is 0.124 e. The van der Waals surface area contributed by atoms with Crippen LogP contribution in [0.15, 0.2) is 18.2 Å². The van der Waals surface area contributed by atoms with Crippen LogP contribution in [0.4, 0.5) is 4.39 Å². The van der Waals surface area contributed by atoms with Gasteiger partial charge in [0, 0.05) is 10.6 Å². The highest BCUT2D eigenvalue weighted by Gasteiger charge is 2.06. The predicted molar refractivity (Wildman–Crippen MR) is 56.4 cm³/mol. The first-order valence-corrected chi connectivity index (χ1v) is 5.37. The molecule has 13 heavy (non-hydrogen) atoms. The largest absolute Gasteiger partial charge is 0.207 e. The molecule has 1 heterocycles. The molecule has 2 aromatic rings. The zero-order valence-electron chi connectivity index (χ0n) is 6.48. The van der Waals surface area contributed by atoms with E-state index >= 15 is 0 Å².